The van der Waals surface area contributed by atoms with E-state index in [4.69, 9.17) is 20.6 Å². The number of hydrogen-bond donors (Lipinski definition) is 4. The van der Waals surface area contributed by atoms with Gasteiger partial charge in [-0.15, -0.1) is 0 Å². The number of halogens is 1. The molecule has 0 bridgehead atoms. The highest BCUT2D eigenvalue weighted by molar-refractivity contribution is 6.00. The average Bonchev–Trinajstić information content (AvgIpc) is 2.84. The fourth-order valence-electron chi connectivity index (χ4n) is 4.18. The molecule has 35 heavy (non-hydrogen) atoms. The number of ether oxygens (including phenoxy) is 2. The molecule has 1 aromatic carbocycles. The number of rotatable bonds is 6. The van der Waals surface area contributed by atoms with Crippen LogP contribution in [0.15, 0.2) is 42.1 Å². The van der Waals surface area contributed by atoms with Crippen molar-refractivity contribution in [3.05, 3.63) is 53.5 Å². The van der Waals surface area contributed by atoms with E-state index >= 15 is 0 Å². The summed E-state index contributed by atoms with van der Waals surface area (Å²) >= 11 is 0. The van der Waals surface area contributed by atoms with Gasteiger partial charge in [0, 0.05) is 24.5 Å². The third kappa shape index (κ3) is 5.24. The maximum atomic E-state index is 14.1. The summed E-state index contributed by atoms with van der Waals surface area (Å²) in [6.45, 7) is 1.18. The molecule has 12 heteroatoms. The van der Waals surface area contributed by atoms with Gasteiger partial charge in [-0.25, -0.2) is 4.39 Å². The van der Waals surface area contributed by atoms with Crippen LogP contribution in [0.2, 0.25) is 0 Å². The molecule has 2 heterocycles. The van der Waals surface area contributed by atoms with Crippen molar-refractivity contribution in [2.75, 3.05) is 38.2 Å². The Morgan fingerprint density at radius 3 is 2.80 bits per heavy atom. The summed E-state index contributed by atoms with van der Waals surface area (Å²) in [5, 5.41) is 20.2. The zero-order chi connectivity index (χ0) is 25.1. The first-order valence-corrected chi connectivity index (χ1v) is 11.1. The first kappa shape index (κ1) is 24.5. The monoisotopic (exact) mass is 487 g/mol. The Labute approximate surface area is 200 Å². The largest absolute Gasteiger partial charge is 0.384 e. The van der Waals surface area contributed by atoms with Gasteiger partial charge in [0.15, 0.2) is 12.2 Å². The molecule has 0 radical (unpaired) electrons. The molecular formula is C23H26FN5O6. The van der Waals surface area contributed by atoms with Crippen molar-refractivity contribution < 1.29 is 33.4 Å². The SMILES string of the molecule is N=C(N)c1ccc(NC(=O)C(O)C2OCCN(C3C=C(N4CCOCC4=O)C=CC3)C2=O)cc1F. The summed E-state index contributed by atoms with van der Waals surface area (Å²) in [5.74, 6) is -2.96. The number of carbonyl (C=O) groups is 3. The Morgan fingerprint density at radius 2 is 2.09 bits per heavy atom. The van der Waals surface area contributed by atoms with Gasteiger partial charge in [0.25, 0.3) is 17.7 Å². The van der Waals surface area contributed by atoms with Gasteiger partial charge >= 0.3 is 0 Å². The van der Waals surface area contributed by atoms with E-state index in [9.17, 15) is 23.9 Å². The van der Waals surface area contributed by atoms with Crippen LogP contribution in [0.25, 0.3) is 0 Å². The summed E-state index contributed by atoms with van der Waals surface area (Å²) in [4.78, 5) is 41.0. The summed E-state index contributed by atoms with van der Waals surface area (Å²) in [5.41, 5.74) is 5.85. The van der Waals surface area contributed by atoms with Crippen LogP contribution in [0.4, 0.5) is 10.1 Å². The van der Waals surface area contributed by atoms with E-state index in [2.05, 4.69) is 5.32 Å². The van der Waals surface area contributed by atoms with Crippen LogP contribution in [-0.2, 0) is 23.9 Å². The highest BCUT2D eigenvalue weighted by atomic mass is 19.1. The van der Waals surface area contributed by atoms with Crippen molar-refractivity contribution >= 4 is 29.2 Å². The van der Waals surface area contributed by atoms with Crippen molar-refractivity contribution in [2.24, 2.45) is 5.73 Å². The first-order valence-electron chi connectivity index (χ1n) is 11.1. The quantitative estimate of drug-likeness (QED) is 0.317. The van der Waals surface area contributed by atoms with Gasteiger partial charge in [0.1, 0.15) is 18.3 Å². The zero-order valence-electron chi connectivity index (χ0n) is 18.8. The lowest BCUT2D eigenvalue weighted by molar-refractivity contribution is -0.167. The molecule has 0 saturated carbocycles. The number of nitrogen functional groups attached to an aromatic ring is 1. The standard InChI is InChI=1S/C23H26FN5O6/c24-17-10-13(4-5-16(17)21(25)26)27-22(32)19(31)20-23(33)29(7-9-35-20)15-3-1-2-14(11-15)28-6-8-34-12-18(28)30/h1-2,4-5,10-11,15,19-20,31H,3,6-9,12H2,(H3,25,26)(H,27,32). The minimum atomic E-state index is -1.84. The molecule has 4 rings (SSSR count). The maximum Gasteiger partial charge on any atom is 0.256 e. The number of aliphatic hydroxyl groups is 1. The lowest BCUT2D eigenvalue weighted by Gasteiger charge is -2.39. The lowest BCUT2D eigenvalue weighted by Crippen LogP contribution is -2.57. The molecule has 3 unspecified atom stereocenters. The molecule has 0 spiro atoms. The minimum Gasteiger partial charge on any atom is -0.384 e. The Hall–Kier alpha value is -3.61. The van der Waals surface area contributed by atoms with E-state index in [0.29, 0.717) is 25.3 Å². The van der Waals surface area contributed by atoms with Gasteiger partial charge in [-0.05, 0) is 36.8 Å². The highest BCUT2D eigenvalue weighted by Crippen LogP contribution is 2.24. The molecular weight excluding hydrogens is 461 g/mol. The molecule has 2 fully saturated rings. The zero-order valence-corrected chi connectivity index (χ0v) is 18.8. The third-order valence-electron chi connectivity index (χ3n) is 5.97. The summed E-state index contributed by atoms with van der Waals surface area (Å²) in [7, 11) is 0. The second-order valence-electron chi connectivity index (χ2n) is 8.26. The Kier molecular flexibility index (Phi) is 7.24. The summed E-state index contributed by atoms with van der Waals surface area (Å²) in [6.07, 6.45) is 2.71. The van der Waals surface area contributed by atoms with E-state index in [1.165, 1.54) is 17.0 Å². The number of carbonyl (C=O) groups excluding carboxylic acids is 3. The number of morpholine rings is 2. The molecule has 186 valence electrons. The van der Waals surface area contributed by atoms with Crippen LogP contribution >= 0.6 is 0 Å². The van der Waals surface area contributed by atoms with Gasteiger partial charge in [0.2, 0.25) is 0 Å². The van der Waals surface area contributed by atoms with E-state index in [1.807, 2.05) is 18.2 Å². The van der Waals surface area contributed by atoms with Crippen LogP contribution in [0.5, 0.6) is 0 Å². The summed E-state index contributed by atoms with van der Waals surface area (Å²) < 4.78 is 24.6. The molecule has 1 aromatic rings. The molecule has 2 saturated heterocycles. The van der Waals surface area contributed by atoms with E-state index in [0.717, 1.165) is 6.07 Å². The van der Waals surface area contributed by atoms with E-state index in [1.54, 1.807) is 4.90 Å². The predicted octanol–water partition coefficient (Wildman–Crippen LogP) is -0.292. The van der Waals surface area contributed by atoms with Crippen molar-refractivity contribution in [1.82, 2.24) is 9.80 Å². The maximum absolute atomic E-state index is 14.1. The summed E-state index contributed by atoms with van der Waals surface area (Å²) in [6, 6.07) is 3.13. The Balaban J connectivity index is 1.44. The van der Waals surface area contributed by atoms with E-state index < -0.39 is 35.7 Å². The molecule has 1 aliphatic carbocycles. The van der Waals surface area contributed by atoms with Gasteiger partial charge in [0.05, 0.1) is 24.8 Å². The number of amides is 3. The fourth-order valence-corrected chi connectivity index (χ4v) is 4.18. The third-order valence-corrected chi connectivity index (χ3v) is 5.97. The number of aliphatic hydroxyl groups excluding tert-OH is 1. The number of benzene rings is 1. The van der Waals surface area contributed by atoms with Crippen molar-refractivity contribution in [3.8, 4) is 0 Å². The van der Waals surface area contributed by atoms with Crippen molar-refractivity contribution in [3.63, 3.8) is 0 Å². The van der Waals surface area contributed by atoms with Crippen LogP contribution in [-0.4, -0.2) is 89.6 Å². The van der Waals surface area contributed by atoms with Crippen molar-refractivity contribution in [1.29, 1.82) is 5.41 Å². The van der Waals surface area contributed by atoms with Gasteiger partial charge in [-0.1, -0.05) is 6.08 Å². The second-order valence-corrected chi connectivity index (χ2v) is 8.26. The molecule has 3 amide bonds. The molecule has 2 aliphatic heterocycles. The van der Waals surface area contributed by atoms with Crippen LogP contribution in [0.3, 0.4) is 0 Å². The van der Waals surface area contributed by atoms with Crippen LogP contribution in [0, 0.1) is 11.2 Å². The second kappa shape index (κ2) is 10.3. The average molecular weight is 487 g/mol. The Bertz CT molecular complexity index is 1110. The lowest BCUT2D eigenvalue weighted by atomic mass is 10.0. The molecule has 5 N–H and O–H groups in total. The number of nitrogens with one attached hydrogen (secondary N) is 2. The highest BCUT2D eigenvalue weighted by Gasteiger charge is 2.41. The topological polar surface area (TPSA) is 158 Å². The number of anilines is 1. The number of nitrogens with two attached hydrogens (primary N) is 1. The molecule has 0 aromatic heterocycles. The first-order chi connectivity index (χ1) is 16.8. The molecule has 3 aliphatic rings. The van der Waals surface area contributed by atoms with Crippen LogP contribution in [0.1, 0.15) is 12.0 Å². The minimum absolute atomic E-state index is 0.00289. The van der Waals surface area contributed by atoms with E-state index in [-0.39, 0.29) is 43.0 Å². The number of nitrogens with zero attached hydrogens (tertiary/aromatic N) is 2. The van der Waals surface area contributed by atoms with Gasteiger partial charge in [-0.3, -0.25) is 19.8 Å². The van der Waals surface area contributed by atoms with Gasteiger partial charge in [-0.2, -0.15) is 0 Å². The number of amidine groups is 1. The smallest absolute Gasteiger partial charge is 0.256 e. The predicted molar refractivity (Wildman–Crippen MR) is 122 cm³/mol. The number of allylic oxidation sites excluding steroid dienone is 1. The molecule has 11 nitrogen and oxygen atoms in total. The van der Waals surface area contributed by atoms with Gasteiger partial charge < -0.3 is 35.4 Å². The van der Waals surface area contributed by atoms with Crippen molar-refractivity contribution in [2.45, 2.75) is 24.7 Å². The van der Waals surface area contributed by atoms with Crippen LogP contribution < -0.4 is 11.1 Å². The molecule has 3 atom stereocenters. The Morgan fingerprint density at radius 1 is 1.29 bits per heavy atom. The fraction of sp³-hybridized carbons (Fsp3) is 0.391. The normalized spacial score (nSPS) is 23.7. The number of hydrogen-bond acceptors (Lipinski definition) is 7.